The van der Waals surface area contributed by atoms with E-state index in [4.69, 9.17) is 16.8 Å². The summed E-state index contributed by atoms with van der Waals surface area (Å²) in [5.74, 6) is 0.706. The van der Waals surface area contributed by atoms with Gasteiger partial charge in [-0.1, -0.05) is 159 Å². The summed E-state index contributed by atoms with van der Waals surface area (Å²) < 4.78 is 44.1. The molecule has 296 valence electrons. The third kappa shape index (κ3) is 7.84. The molecule has 0 saturated carbocycles. The Morgan fingerprint density at radius 1 is 0.559 bits per heavy atom. The smallest absolute Gasteiger partial charge is 0.149 e. The number of phenolic OH excluding ortho intramolecular Hbond substituents is 1. The summed E-state index contributed by atoms with van der Waals surface area (Å²) in [6.07, 6.45) is 1.87. The van der Waals surface area contributed by atoms with Crippen molar-refractivity contribution >= 4 is 11.0 Å². The van der Waals surface area contributed by atoms with Crippen LogP contribution in [0.15, 0.2) is 146 Å². The first kappa shape index (κ1) is 33.7. The van der Waals surface area contributed by atoms with Crippen LogP contribution in [0, 0.1) is 6.92 Å². The van der Waals surface area contributed by atoms with Crippen LogP contribution in [-0.2, 0) is 16.2 Å². The standard InChI is InChI=1S/C55H55N3O/c1-35-19-21-38(22-20-35)39-27-28-56-48(32-39)41-29-40(30-42(31-41)53(2,3)4)45-17-14-18-49-50(45)57-52(46-33-43(54(5,6)7)34-47(51(46)59)55(8,9)10)58(49)44-25-23-37(24-26-44)36-15-12-11-13-16-36/h11-34,59H,1-10H3/i11D,12D,13D,15D,16D. The number of aromatic hydroxyl groups is 1. The van der Waals surface area contributed by atoms with Gasteiger partial charge in [-0.05, 0) is 111 Å². The van der Waals surface area contributed by atoms with E-state index in [9.17, 15) is 5.11 Å². The minimum absolute atomic E-state index is 0.134. The van der Waals surface area contributed by atoms with Gasteiger partial charge < -0.3 is 5.11 Å². The lowest BCUT2D eigenvalue weighted by atomic mass is 9.79. The molecule has 0 radical (unpaired) electrons. The molecule has 8 rings (SSSR count). The topological polar surface area (TPSA) is 50.9 Å². The number of aromatic nitrogens is 3. The van der Waals surface area contributed by atoms with Crippen molar-refractivity contribution in [2.75, 3.05) is 0 Å². The molecule has 0 aliphatic rings. The van der Waals surface area contributed by atoms with Gasteiger partial charge in [-0.2, -0.15) is 0 Å². The minimum Gasteiger partial charge on any atom is -0.507 e. The summed E-state index contributed by atoms with van der Waals surface area (Å²) in [5, 5.41) is 12.3. The fraction of sp³-hybridized carbons (Fsp3) is 0.236. The van der Waals surface area contributed by atoms with Crippen molar-refractivity contribution in [3.63, 3.8) is 0 Å². The Bertz CT molecular complexity index is 3080. The van der Waals surface area contributed by atoms with Crippen LogP contribution >= 0.6 is 0 Å². The quantitative estimate of drug-likeness (QED) is 0.183. The second-order valence-electron chi connectivity index (χ2n) is 18.8. The Labute approximate surface area is 357 Å². The van der Waals surface area contributed by atoms with E-state index in [0.29, 0.717) is 17.0 Å². The molecule has 2 aromatic heterocycles. The van der Waals surface area contributed by atoms with Gasteiger partial charge in [-0.25, -0.2) is 4.98 Å². The van der Waals surface area contributed by atoms with E-state index in [1.807, 2.05) is 42.6 Å². The molecular weight excluding hydrogens is 719 g/mol. The highest BCUT2D eigenvalue weighted by Gasteiger charge is 2.29. The van der Waals surface area contributed by atoms with Crippen molar-refractivity contribution in [1.29, 1.82) is 0 Å². The number of aryl methyl sites for hydroxylation is 1. The number of hydrogen-bond donors (Lipinski definition) is 1. The number of nitrogens with zero attached hydrogens (tertiary/aromatic N) is 3. The molecule has 0 amide bonds. The van der Waals surface area contributed by atoms with E-state index >= 15 is 0 Å². The van der Waals surface area contributed by atoms with Gasteiger partial charge in [0.05, 0.1) is 29.1 Å². The fourth-order valence-corrected chi connectivity index (χ4v) is 7.63. The molecule has 2 heterocycles. The van der Waals surface area contributed by atoms with Gasteiger partial charge in [-0.15, -0.1) is 0 Å². The number of phenols is 1. The molecule has 0 unspecified atom stereocenters. The van der Waals surface area contributed by atoms with E-state index in [2.05, 4.69) is 134 Å². The molecule has 59 heavy (non-hydrogen) atoms. The van der Waals surface area contributed by atoms with Gasteiger partial charge in [-0.3, -0.25) is 9.55 Å². The third-order valence-electron chi connectivity index (χ3n) is 11.2. The van der Waals surface area contributed by atoms with Gasteiger partial charge in [0, 0.05) is 28.6 Å². The van der Waals surface area contributed by atoms with E-state index < -0.39 is 6.04 Å². The first-order valence-corrected chi connectivity index (χ1v) is 20.3. The van der Waals surface area contributed by atoms with E-state index in [1.165, 1.54) is 5.56 Å². The molecule has 0 fully saturated rings. The second-order valence-corrected chi connectivity index (χ2v) is 18.8. The molecule has 6 aromatic carbocycles. The molecule has 8 aromatic rings. The first-order valence-electron chi connectivity index (χ1n) is 22.8. The Hall–Kier alpha value is -6.26. The molecule has 0 saturated heterocycles. The van der Waals surface area contributed by atoms with Crippen LogP contribution in [0.25, 0.3) is 72.7 Å². The van der Waals surface area contributed by atoms with E-state index in [1.54, 1.807) is 12.1 Å². The first-order chi connectivity index (χ1) is 30.0. The van der Waals surface area contributed by atoms with Gasteiger partial charge >= 0.3 is 0 Å². The van der Waals surface area contributed by atoms with Crippen LogP contribution in [0.5, 0.6) is 5.75 Å². The number of para-hydroxylation sites is 1. The number of hydrogen-bond acceptors (Lipinski definition) is 3. The maximum absolute atomic E-state index is 12.3. The van der Waals surface area contributed by atoms with E-state index in [-0.39, 0.29) is 51.7 Å². The van der Waals surface area contributed by atoms with Crippen LogP contribution in [0.3, 0.4) is 0 Å². The molecule has 0 aliphatic carbocycles. The van der Waals surface area contributed by atoms with Crippen LogP contribution in [0.2, 0.25) is 0 Å². The van der Waals surface area contributed by atoms with Crippen LogP contribution in [0.4, 0.5) is 0 Å². The number of fused-ring (bicyclic) bond motifs is 1. The Kier molecular flexibility index (Phi) is 8.47. The molecule has 1 N–H and O–H groups in total. The van der Waals surface area contributed by atoms with Crippen molar-refractivity contribution in [3.8, 4) is 67.5 Å². The van der Waals surface area contributed by atoms with Crippen molar-refractivity contribution in [1.82, 2.24) is 14.5 Å². The van der Waals surface area contributed by atoms with Crippen LogP contribution < -0.4 is 0 Å². The zero-order valence-corrected chi connectivity index (χ0v) is 35.8. The van der Waals surface area contributed by atoms with Crippen molar-refractivity contribution in [2.24, 2.45) is 0 Å². The second kappa shape index (κ2) is 14.8. The lowest BCUT2D eigenvalue weighted by molar-refractivity contribution is 0.446. The number of imidazole rings is 1. The molecule has 4 heteroatoms. The Morgan fingerprint density at radius 3 is 1.85 bits per heavy atom. The lowest BCUT2D eigenvalue weighted by Gasteiger charge is -2.27. The highest BCUT2D eigenvalue weighted by Crippen LogP contribution is 2.45. The summed E-state index contributed by atoms with van der Waals surface area (Å²) in [5.41, 5.74) is 12.8. The van der Waals surface area contributed by atoms with Crippen LogP contribution in [-0.4, -0.2) is 19.6 Å². The molecule has 0 aliphatic heterocycles. The van der Waals surface area contributed by atoms with Crippen molar-refractivity contribution in [2.45, 2.75) is 85.5 Å². The zero-order chi connectivity index (χ0) is 46.2. The SMILES string of the molecule is [2H]c1c([2H])c([2H])c(-c2ccc(-n3c(-c4cc(C(C)(C)C)cc(C(C)(C)C)c4O)nc4c(-c5cc(-c6cc(-c7ccc(C)cc7)ccn6)cc(C(C)(C)C)c5)cccc43)cc2)c([2H])c1[2H]. The third-order valence-corrected chi connectivity index (χ3v) is 11.2. The maximum Gasteiger partial charge on any atom is 0.149 e. The summed E-state index contributed by atoms with van der Waals surface area (Å²) in [6, 6.07) is 35.3. The van der Waals surface area contributed by atoms with E-state index in [0.717, 1.165) is 66.9 Å². The lowest BCUT2D eigenvalue weighted by Crippen LogP contribution is -2.17. The normalized spacial score (nSPS) is 13.5. The fourth-order valence-electron chi connectivity index (χ4n) is 7.63. The predicted octanol–water partition coefficient (Wildman–Crippen LogP) is 14.7. The summed E-state index contributed by atoms with van der Waals surface area (Å²) in [4.78, 5) is 10.4. The monoisotopic (exact) mass is 778 g/mol. The number of pyridine rings is 1. The average Bonchev–Trinajstić information content (AvgIpc) is 3.64. The maximum atomic E-state index is 12.3. The molecular formula is C55H55N3O. The van der Waals surface area contributed by atoms with Crippen molar-refractivity contribution in [3.05, 3.63) is 168 Å². The predicted molar refractivity (Wildman–Crippen MR) is 249 cm³/mol. The van der Waals surface area contributed by atoms with Gasteiger partial charge in [0.1, 0.15) is 11.6 Å². The largest absolute Gasteiger partial charge is 0.507 e. The number of benzene rings is 6. The molecule has 0 spiro atoms. The van der Waals surface area contributed by atoms with Crippen LogP contribution in [0.1, 0.15) is 91.4 Å². The highest BCUT2D eigenvalue weighted by atomic mass is 16.3. The van der Waals surface area contributed by atoms with Gasteiger partial charge in [0.15, 0.2) is 0 Å². The number of rotatable bonds is 6. The molecule has 0 bridgehead atoms. The summed E-state index contributed by atoms with van der Waals surface area (Å²) in [6.45, 7) is 21.5. The Morgan fingerprint density at radius 2 is 1.19 bits per heavy atom. The average molecular weight is 779 g/mol. The summed E-state index contributed by atoms with van der Waals surface area (Å²) >= 11 is 0. The summed E-state index contributed by atoms with van der Waals surface area (Å²) in [7, 11) is 0. The van der Waals surface area contributed by atoms with Crippen molar-refractivity contribution < 1.29 is 12.0 Å². The molecule has 4 nitrogen and oxygen atoms in total. The highest BCUT2D eigenvalue weighted by molar-refractivity contribution is 5.97. The van der Waals surface area contributed by atoms with Gasteiger partial charge in [0.25, 0.3) is 0 Å². The molecule has 0 atom stereocenters. The minimum atomic E-state index is -0.431. The van der Waals surface area contributed by atoms with Gasteiger partial charge in [0.2, 0.25) is 0 Å². The Balaban J connectivity index is 1.39. The zero-order valence-electron chi connectivity index (χ0n) is 40.8.